The van der Waals surface area contributed by atoms with E-state index >= 15 is 0 Å². The highest BCUT2D eigenvalue weighted by Gasteiger charge is 2.22. The molecule has 2 aromatic heterocycles. The third-order valence-electron chi connectivity index (χ3n) is 4.49. The second-order valence-electron chi connectivity index (χ2n) is 5.77. The van der Waals surface area contributed by atoms with Crippen molar-refractivity contribution in [2.75, 3.05) is 0 Å². The summed E-state index contributed by atoms with van der Waals surface area (Å²) in [5.41, 5.74) is 1.51. The lowest BCUT2D eigenvalue weighted by molar-refractivity contribution is 0.439. The lowest BCUT2D eigenvalue weighted by Gasteiger charge is -2.24. The number of nitrogens with one attached hydrogen (secondary N) is 1. The molecule has 0 amide bonds. The number of aromatic nitrogens is 3. The van der Waals surface area contributed by atoms with Gasteiger partial charge in [-0.3, -0.25) is 0 Å². The van der Waals surface area contributed by atoms with Crippen LogP contribution in [0.15, 0.2) is 11.4 Å². The van der Waals surface area contributed by atoms with Crippen LogP contribution in [0.2, 0.25) is 0 Å². The lowest BCUT2D eigenvalue weighted by Crippen LogP contribution is -2.26. The van der Waals surface area contributed by atoms with E-state index in [2.05, 4.69) is 31.5 Å². The minimum atomic E-state index is 0.501. The van der Waals surface area contributed by atoms with Crippen molar-refractivity contribution < 1.29 is 0 Å². The summed E-state index contributed by atoms with van der Waals surface area (Å²) in [6, 6.07) is 2.79. The molecule has 1 N–H and O–H groups in total. The zero-order valence-electron chi connectivity index (χ0n) is 11.6. The highest BCUT2D eigenvalue weighted by Crippen LogP contribution is 2.33. The van der Waals surface area contributed by atoms with E-state index in [0.717, 1.165) is 25.3 Å². The summed E-state index contributed by atoms with van der Waals surface area (Å²) < 4.78 is 2.31. The maximum atomic E-state index is 4.38. The van der Waals surface area contributed by atoms with Gasteiger partial charge in [0.25, 0.3) is 0 Å². The average Bonchev–Trinajstić information content (AvgIpc) is 3.12. The van der Waals surface area contributed by atoms with Gasteiger partial charge in [0.05, 0.1) is 6.54 Å². The van der Waals surface area contributed by atoms with Crippen LogP contribution in [-0.4, -0.2) is 14.8 Å². The normalized spacial score (nSPS) is 21.5. The molecule has 2 aliphatic rings. The SMILES string of the molecule is c1cc2c(s1)CCCC2NCc1nnc2n1CCCC2. The Labute approximate surface area is 123 Å². The number of fused-ring (bicyclic) bond motifs is 2. The molecule has 3 heterocycles. The summed E-state index contributed by atoms with van der Waals surface area (Å²) in [6.07, 6.45) is 7.40. The van der Waals surface area contributed by atoms with Gasteiger partial charge in [-0.2, -0.15) is 0 Å². The van der Waals surface area contributed by atoms with E-state index in [9.17, 15) is 0 Å². The molecule has 4 nitrogen and oxygen atoms in total. The van der Waals surface area contributed by atoms with Crippen molar-refractivity contribution in [3.05, 3.63) is 33.5 Å². The van der Waals surface area contributed by atoms with E-state index in [1.54, 1.807) is 4.88 Å². The average molecular weight is 288 g/mol. The van der Waals surface area contributed by atoms with Crippen LogP contribution >= 0.6 is 11.3 Å². The van der Waals surface area contributed by atoms with E-state index in [1.807, 2.05) is 11.3 Å². The summed E-state index contributed by atoms with van der Waals surface area (Å²) >= 11 is 1.90. The van der Waals surface area contributed by atoms with E-state index in [4.69, 9.17) is 0 Å². The fourth-order valence-corrected chi connectivity index (χ4v) is 4.40. The number of nitrogens with zero attached hydrogens (tertiary/aromatic N) is 3. The zero-order valence-corrected chi connectivity index (χ0v) is 12.5. The molecule has 0 aromatic carbocycles. The third-order valence-corrected chi connectivity index (χ3v) is 5.49. The minimum Gasteiger partial charge on any atom is -0.314 e. The first-order valence-electron chi connectivity index (χ1n) is 7.62. The standard InChI is InChI=1S/C15H20N4S/c1-2-8-19-14(6-1)17-18-15(19)10-16-12-4-3-5-13-11(12)7-9-20-13/h7,9,12,16H,1-6,8,10H2. The molecule has 0 bridgehead atoms. The number of rotatable bonds is 3. The molecule has 0 saturated carbocycles. The molecular weight excluding hydrogens is 268 g/mol. The van der Waals surface area contributed by atoms with Crippen LogP contribution in [0.1, 0.15) is 53.8 Å². The number of hydrogen-bond acceptors (Lipinski definition) is 4. The summed E-state index contributed by atoms with van der Waals surface area (Å²) in [4.78, 5) is 1.57. The molecule has 1 aliphatic heterocycles. The van der Waals surface area contributed by atoms with Gasteiger partial charge in [-0.25, -0.2) is 0 Å². The van der Waals surface area contributed by atoms with E-state index in [0.29, 0.717) is 6.04 Å². The molecular formula is C15H20N4S. The van der Waals surface area contributed by atoms with Gasteiger partial charge in [0.2, 0.25) is 0 Å². The topological polar surface area (TPSA) is 42.7 Å². The Morgan fingerprint density at radius 2 is 2.25 bits per heavy atom. The molecule has 4 rings (SSSR count). The van der Waals surface area contributed by atoms with Gasteiger partial charge in [-0.15, -0.1) is 21.5 Å². The predicted molar refractivity (Wildman–Crippen MR) is 79.8 cm³/mol. The minimum absolute atomic E-state index is 0.501. The molecule has 106 valence electrons. The first kappa shape index (κ1) is 12.5. The van der Waals surface area contributed by atoms with Gasteiger partial charge >= 0.3 is 0 Å². The Bertz CT molecular complexity index is 601. The Hall–Kier alpha value is -1.20. The molecule has 20 heavy (non-hydrogen) atoms. The van der Waals surface area contributed by atoms with E-state index < -0.39 is 0 Å². The first-order valence-corrected chi connectivity index (χ1v) is 8.50. The highest BCUT2D eigenvalue weighted by atomic mass is 32.1. The molecule has 1 unspecified atom stereocenters. The van der Waals surface area contributed by atoms with Gasteiger partial charge in [-0.05, 0) is 49.1 Å². The van der Waals surface area contributed by atoms with Gasteiger partial charge in [0.1, 0.15) is 11.6 Å². The van der Waals surface area contributed by atoms with Crippen LogP contribution in [-0.2, 0) is 25.9 Å². The largest absolute Gasteiger partial charge is 0.314 e. The summed E-state index contributed by atoms with van der Waals surface area (Å²) in [5, 5.41) is 14.6. The van der Waals surface area contributed by atoms with Crippen molar-refractivity contribution in [3.63, 3.8) is 0 Å². The summed E-state index contributed by atoms with van der Waals surface area (Å²) in [6.45, 7) is 1.93. The Morgan fingerprint density at radius 1 is 1.25 bits per heavy atom. The van der Waals surface area contributed by atoms with Crippen LogP contribution in [0, 0.1) is 0 Å². The molecule has 1 aliphatic carbocycles. The van der Waals surface area contributed by atoms with Crippen LogP contribution in [0.4, 0.5) is 0 Å². The second-order valence-corrected chi connectivity index (χ2v) is 6.77. The van der Waals surface area contributed by atoms with E-state index in [1.165, 1.54) is 43.5 Å². The summed E-state index contributed by atoms with van der Waals surface area (Å²) in [5.74, 6) is 2.29. The monoisotopic (exact) mass is 288 g/mol. The predicted octanol–water partition coefficient (Wildman–Crippen LogP) is 2.84. The molecule has 0 fully saturated rings. The number of thiophene rings is 1. The maximum absolute atomic E-state index is 4.38. The van der Waals surface area contributed by atoms with Crippen molar-refractivity contribution >= 4 is 11.3 Å². The molecule has 5 heteroatoms. The van der Waals surface area contributed by atoms with Crippen LogP contribution < -0.4 is 5.32 Å². The molecule has 1 atom stereocenters. The van der Waals surface area contributed by atoms with Gasteiger partial charge in [0.15, 0.2) is 0 Å². The Kier molecular flexibility index (Phi) is 3.32. The second kappa shape index (κ2) is 5.30. The number of aryl methyl sites for hydroxylation is 2. The Morgan fingerprint density at radius 3 is 3.25 bits per heavy atom. The quantitative estimate of drug-likeness (QED) is 0.944. The highest BCUT2D eigenvalue weighted by molar-refractivity contribution is 7.10. The lowest BCUT2D eigenvalue weighted by atomic mass is 9.94. The van der Waals surface area contributed by atoms with Gasteiger partial charge < -0.3 is 9.88 Å². The molecule has 2 aromatic rings. The number of hydrogen-bond donors (Lipinski definition) is 1. The smallest absolute Gasteiger partial charge is 0.147 e. The zero-order chi connectivity index (χ0) is 13.4. The first-order chi connectivity index (χ1) is 9.92. The fraction of sp³-hybridized carbons (Fsp3) is 0.600. The van der Waals surface area contributed by atoms with E-state index in [-0.39, 0.29) is 0 Å². The van der Waals surface area contributed by atoms with Gasteiger partial charge in [-0.1, -0.05) is 0 Å². The maximum Gasteiger partial charge on any atom is 0.147 e. The molecule has 0 radical (unpaired) electrons. The fourth-order valence-electron chi connectivity index (χ4n) is 3.41. The van der Waals surface area contributed by atoms with Crippen molar-refractivity contribution in [3.8, 4) is 0 Å². The van der Waals surface area contributed by atoms with Crippen LogP contribution in [0.3, 0.4) is 0 Å². The van der Waals surface area contributed by atoms with Crippen LogP contribution in [0.25, 0.3) is 0 Å². The van der Waals surface area contributed by atoms with Crippen molar-refractivity contribution in [1.82, 2.24) is 20.1 Å². The third kappa shape index (κ3) is 2.19. The van der Waals surface area contributed by atoms with Crippen molar-refractivity contribution in [2.45, 2.75) is 57.7 Å². The Balaban J connectivity index is 1.48. The molecule has 0 saturated heterocycles. The summed E-state index contributed by atoms with van der Waals surface area (Å²) in [7, 11) is 0. The molecule has 0 spiro atoms. The van der Waals surface area contributed by atoms with Crippen LogP contribution in [0.5, 0.6) is 0 Å². The van der Waals surface area contributed by atoms with Crippen molar-refractivity contribution in [1.29, 1.82) is 0 Å². The van der Waals surface area contributed by atoms with Gasteiger partial charge in [0, 0.05) is 23.9 Å². The van der Waals surface area contributed by atoms with Crippen molar-refractivity contribution in [2.24, 2.45) is 0 Å².